The van der Waals surface area contributed by atoms with Gasteiger partial charge >= 0.3 is 5.97 Å². The number of carboxylic acid groups (broad SMARTS) is 1. The second-order valence-corrected chi connectivity index (χ2v) is 9.87. The van der Waals surface area contributed by atoms with Gasteiger partial charge in [0.25, 0.3) is 0 Å². The van der Waals surface area contributed by atoms with E-state index in [-0.39, 0.29) is 0 Å². The fraction of sp³-hybridized carbons (Fsp3) is 0.310. The number of thiocarbonyl (C=S) groups is 1. The summed E-state index contributed by atoms with van der Waals surface area (Å²) < 4.78 is 0. The highest BCUT2D eigenvalue weighted by Crippen LogP contribution is 2.38. The van der Waals surface area contributed by atoms with Crippen molar-refractivity contribution in [2.75, 3.05) is 16.8 Å². The molecule has 0 radical (unpaired) electrons. The summed E-state index contributed by atoms with van der Waals surface area (Å²) in [6.07, 6.45) is 5.50. The van der Waals surface area contributed by atoms with Crippen molar-refractivity contribution in [3.05, 3.63) is 83.9 Å². The van der Waals surface area contributed by atoms with Crippen LogP contribution in [0.1, 0.15) is 49.1 Å². The van der Waals surface area contributed by atoms with Gasteiger partial charge in [-0.3, -0.25) is 4.79 Å². The minimum absolute atomic E-state index is 0.314. The van der Waals surface area contributed by atoms with E-state index < -0.39 is 5.97 Å². The van der Waals surface area contributed by atoms with Gasteiger partial charge in [0.1, 0.15) is 0 Å². The zero-order valence-corrected chi connectivity index (χ0v) is 20.1. The molecule has 174 valence electrons. The second-order valence-electron chi connectivity index (χ2n) is 9.48. The van der Waals surface area contributed by atoms with E-state index in [1.807, 2.05) is 30.3 Å². The van der Waals surface area contributed by atoms with Crippen LogP contribution in [-0.4, -0.2) is 22.7 Å². The minimum Gasteiger partial charge on any atom is -0.481 e. The SMILES string of the molecule is O=C(O)CC1CCC(c2ccc(-c3ccc4c(c3)CCN4C(=S)Nc3ccccc3)cc2)CC1. The molecule has 0 atom stereocenters. The zero-order chi connectivity index (χ0) is 23.5. The number of nitrogens with zero attached hydrogens (tertiary/aromatic N) is 1. The van der Waals surface area contributed by atoms with Crippen LogP contribution in [0.4, 0.5) is 11.4 Å². The lowest BCUT2D eigenvalue weighted by Gasteiger charge is -2.28. The molecule has 2 aliphatic rings. The number of para-hydroxylation sites is 1. The molecule has 5 heteroatoms. The second kappa shape index (κ2) is 9.98. The quantitative estimate of drug-likeness (QED) is 0.399. The molecule has 1 heterocycles. The summed E-state index contributed by atoms with van der Waals surface area (Å²) >= 11 is 5.69. The van der Waals surface area contributed by atoms with E-state index in [2.05, 4.69) is 52.7 Å². The lowest BCUT2D eigenvalue weighted by atomic mass is 9.77. The first kappa shape index (κ1) is 22.6. The van der Waals surface area contributed by atoms with Crippen LogP contribution in [0.25, 0.3) is 11.1 Å². The molecular formula is C29H30N2O2S. The van der Waals surface area contributed by atoms with Crippen molar-refractivity contribution in [2.45, 2.75) is 44.4 Å². The molecular weight excluding hydrogens is 440 g/mol. The van der Waals surface area contributed by atoms with Gasteiger partial charge < -0.3 is 15.3 Å². The highest BCUT2D eigenvalue weighted by atomic mass is 32.1. The smallest absolute Gasteiger partial charge is 0.303 e. The molecule has 0 saturated heterocycles. The lowest BCUT2D eigenvalue weighted by molar-refractivity contribution is -0.138. The first-order chi connectivity index (χ1) is 16.6. The minimum atomic E-state index is -0.667. The molecule has 1 aliphatic heterocycles. The molecule has 34 heavy (non-hydrogen) atoms. The van der Waals surface area contributed by atoms with E-state index in [0.717, 1.165) is 49.4 Å². The molecule has 4 nitrogen and oxygen atoms in total. The number of rotatable bonds is 5. The average molecular weight is 471 g/mol. The highest BCUT2D eigenvalue weighted by Gasteiger charge is 2.25. The fourth-order valence-corrected chi connectivity index (χ4v) is 5.71. The Labute approximate surface area is 206 Å². The van der Waals surface area contributed by atoms with Gasteiger partial charge in [-0.2, -0.15) is 0 Å². The first-order valence-corrected chi connectivity index (χ1v) is 12.6. The third-order valence-corrected chi connectivity index (χ3v) is 7.59. The van der Waals surface area contributed by atoms with Gasteiger partial charge in [-0.25, -0.2) is 0 Å². The number of hydrogen-bond acceptors (Lipinski definition) is 2. The molecule has 0 spiro atoms. The molecule has 1 aliphatic carbocycles. The van der Waals surface area contributed by atoms with E-state index in [0.29, 0.717) is 18.3 Å². The number of aliphatic carboxylic acids is 1. The van der Waals surface area contributed by atoms with Crippen molar-refractivity contribution in [2.24, 2.45) is 5.92 Å². The summed E-state index contributed by atoms with van der Waals surface area (Å²) in [6, 6.07) is 25.7. The van der Waals surface area contributed by atoms with Crippen molar-refractivity contribution in [3.63, 3.8) is 0 Å². The Bertz CT molecular complexity index is 1170. The van der Waals surface area contributed by atoms with Crippen LogP contribution in [0.15, 0.2) is 72.8 Å². The van der Waals surface area contributed by atoms with Gasteiger partial charge in [0.2, 0.25) is 0 Å². The Balaban J connectivity index is 1.24. The topological polar surface area (TPSA) is 52.6 Å². The maximum atomic E-state index is 11.0. The van der Waals surface area contributed by atoms with Crippen molar-refractivity contribution in [1.82, 2.24) is 0 Å². The normalized spacial score (nSPS) is 19.5. The van der Waals surface area contributed by atoms with Crippen LogP contribution in [0, 0.1) is 5.92 Å². The van der Waals surface area contributed by atoms with Gasteiger partial charge in [0.15, 0.2) is 5.11 Å². The summed E-state index contributed by atoms with van der Waals surface area (Å²) in [4.78, 5) is 13.2. The molecule has 0 amide bonds. The Morgan fingerprint density at radius 1 is 0.941 bits per heavy atom. The van der Waals surface area contributed by atoms with Crippen LogP contribution in [-0.2, 0) is 11.2 Å². The third-order valence-electron chi connectivity index (χ3n) is 7.27. The van der Waals surface area contributed by atoms with Crippen LogP contribution >= 0.6 is 12.2 Å². The van der Waals surface area contributed by atoms with Crippen molar-refractivity contribution in [3.8, 4) is 11.1 Å². The molecule has 1 fully saturated rings. The van der Waals surface area contributed by atoms with E-state index in [1.165, 1.54) is 27.9 Å². The van der Waals surface area contributed by atoms with E-state index in [9.17, 15) is 4.79 Å². The molecule has 0 bridgehead atoms. The van der Waals surface area contributed by atoms with Crippen molar-refractivity contribution < 1.29 is 9.90 Å². The summed E-state index contributed by atoms with van der Waals surface area (Å²) in [6.45, 7) is 0.890. The Morgan fingerprint density at radius 2 is 1.65 bits per heavy atom. The zero-order valence-electron chi connectivity index (χ0n) is 19.2. The molecule has 0 aromatic heterocycles. The number of hydrogen-bond donors (Lipinski definition) is 2. The summed E-state index contributed by atoms with van der Waals surface area (Å²) in [5, 5.41) is 13.1. The monoisotopic (exact) mass is 470 g/mol. The van der Waals surface area contributed by atoms with E-state index >= 15 is 0 Å². The predicted molar refractivity (Wildman–Crippen MR) is 143 cm³/mol. The number of anilines is 2. The Hall–Kier alpha value is -3.18. The van der Waals surface area contributed by atoms with Gasteiger partial charge in [-0.15, -0.1) is 0 Å². The van der Waals surface area contributed by atoms with Crippen LogP contribution in [0.3, 0.4) is 0 Å². The number of nitrogens with one attached hydrogen (secondary N) is 1. The van der Waals surface area contributed by atoms with Gasteiger partial charge in [-0.1, -0.05) is 48.5 Å². The van der Waals surface area contributed by atoms with E-state index in [1.54, 1.807) is 0 Å². The number of benzene rings is 3. The first-order valence-electron chi connectivity index (χ1n) is 12.2. The molecule has 0 unspecified atom stereocenters. The average Bonchev–Trinajstić information content (AvgIpc) is 3.28. The molecule has 2 N–H and O–H groups in total. The predicted octanol–water partition coefficient (Wildman–Crippen LogP) is 6.86. The van der Waals surface area contributed by atoms with Crippen molar-refractivity contribution in [1.29, 1.82) is 0 Å². The largest absolute Gasteiger partial charge is 0.481 e. The summed E-state index contributed by atoms with van der Waals surface area (Å²) in [7, 11) is 0. The van der Waals surface area contributed by atoms with Gasteiger partial charge in [0.05, 0.1) is 0 Å². The Morgan fingerprint density at radius 3 is 2.35 bits per heavy atom. The standard InChI is InChI=1S/C29H30N2O2S/c32-28(33)18-20-6-8-21(9-7-20)22-10-12-23(13-11-22)24-14-15-27-25(19-24)16-17-31(27)29(34)30-26-4-2-1-3-5-26/h1-5,10-15,19-21H,6-9,16-18H2,(H,30,34)(H,32,33). The number of fused-ring (bicyclic) bond motifs is 1. The maximum Gasteiger partial charge on any atom is 0.303 e. The highest BCUT2D eigenvalue weighted by molar-refractivity contribution is 7.80. The molecule has 5 rings (SSSR count). The number of carbonyl (C=O) groups is 1. The fourth-order valence-electron chi connectivity index (χ4n) is 5.40. The van der Waals surface area contributed by atoms with Crippen LogP contribution in [0.2, 0.25) is 0 Å². The number of carboxylic acids is 1. The maximum absolute atomic E-state index is 11.0. The lowest BCUT2D eigenvalue weighted by Crippen LogP contribution is -2.33. The van der Waals surface area contributed by atoms with Crippen LogP contribution in [0.5, 0.6) is 0 Å². The van der Waals surface area contributed by atoms with Gasteiger partial charge in [-0.05, 0) is 103 Å². The van der Waals surface area contributed by atoms with Crippen molar-refractivity contribution >= 4 is 34.7 Å². The molecule has 3 aromatic carbocycles. The summed E-state index contributed by atoms with van der Waals surface area (Å²) in [5.41, 5.74) is 7.37. The van der Waals surface area contributed by atoms with Crippen LogP contribution < -0.4 is 10.2 Å². The molecule has 3 aromatic rings. The van der Waals surface area contributed by atoms with E-state index in [4.69, 9.17) is 17.3 Å². The third kappa shape index (κ3) is 5.00. The summed E-state index contributed by atoms with van der Waals surface area (Å²) in [5.74, 6) is 0.222. The van der Waals surface area contributed by atoms with Gasteiger partial charge in [0, 0.05) is 24.3 Å². The molecule has 1 saturated carbocycles. The Kier molecular flexibility index (Phi) is 6.63.